The first-order valence-corrected chi connectivity index (χ1v) is 7.27. The number of aromatic nitrogens is 2. The van der Waals surface area contributed by atoms with Gasteiger partial charge in [-0.3, -0.25) is 0 Å². The van der Waals surface area contributed by atoms with E-state index in [2.05, 4.69) is 10.2 Å². The van der Waals surface area contributed by atoms with Gasteiger partial charge in [0.1, 0.15) is 5.82 Å². The number of benzene rings is 1. The standard InChI is InChI=1S/C12H14FN3OS2/c1-7(17)8-5-4-6-9(13)10(8)18-12-15-14-11(19-12)16(2)3/h4-7,17H,1-3H3/t7-/m0/s1. The van der Waals surface area contributed by atoms with Gasteiger partial charge in [-0.1, -0.05) is 35.2 Å². The molecule has 0 bridgehead atoms. The van der Waals surface area contributed by atoms with Crippen molar-refractivity contribution < 1.29 is 9.50 Å². The summed E-state index contributed by atoms with van der Waals surface area (Å²) in [7, 11) is 3.75. The molecule has 0 amide bonds. The van der Waals surface area contributed by atoms with Crippen molar-refractivity contribution in [3.8, 4) is 0 Å². The molecule has 0 fully saturated rings. The zero-order valence-electron chi connectivity index (χ0n) is 10.8. The van der Waals surface area contributed by atoms with Crippen LogP contribution in [-0.4, -0.2) is 29.4 Å². The predicted octanol–water partition coefficient (Wildman–Crippen LogP) is 2.95. The number of nitrogens with zero attached hydrogens (tertiary/aromatic N) is 3. The van der Waals surface area contributed by atoms with Gasteiger partial charge in [0, 0.05) is 14.1 Å². The van der Waals surface area contributed by atoms with Gasteiger partial charge < -0.3 is 10.0 Å². The quantitative estimate of drug-likeness (QED) is 0.940. The summed E-state index contributed by atoms with van der Waals surface area (Å²) in [5, 5.41) is 18.5. The predicted molar refractivity (Wildman–Crippen MR) is 75.4 cm³/mol. The minimum atomic E-state index is -0.723. The molecule has 0 unspecified atom stereocenters. The van der Waals surface area contributed by atoms with Gasteiger partial charge >= 0.3 is 0 Å². The zero-order valence-corrected chi connectivity index (χ0v) is 12.4. The van der Waals surface area contributed by atoms with Crippen LogP contribution in [0.5, 0.6) is 0 Å². The van der Waals surface area contributed by atoms with E-state index in [-0.39, 0.29) is 5.82 Å². The van der Waals surface area contributed by atoms with Crippen LogP contribution in [0.2, 0.25) is 0 Å². The maximum absolute atomic E-state index is 13.9. The van der Waals surface area contributed by atoms with Gasteiger partial charge in [-0.15, -0.1) is 10.2 Å². The van der Waals surface area contributed by atoms with E-state index >= 15 is 0 Å². The SMILES string of the molecule is C[C@H](O)c1cccc(F)c1Sc1nnc(N(C)C)s1. The fraction of sp³-hybridized carbons (Fsp3) is 0.333. The Morgan fingerprint density at radius 1 is 1.37 bits per heavy atom. The molecule has 102 valence electrons. The van der Waals surface area contributed by atoms with Crippen molar-refractivity contribution in [3.63, 3.8) is 0 Å². The van der Waals surface area contributed by atoms with Crippen LogP contribution in [0.1, 0.15) is 18.6 Å². The number of hydrogen-bond acceptors (Lipinski definition) is 6. The van der Waals surface area contributed by atoms with Crippen LogP contribution in [0.15, 0.2) is 27.4 Å². The normalized spacial score (nSPS) is 12.5. The molecule has 19 heavy (non-hydrogen) atoms. The first kappa shape index (κ1) is 14.2. The van der Waals surface area contributed by atoms with Crippen molar-refractivity contribution in [2.45, 2.75) is 22.3 Å². The lowest BCUT2D eigenvalue weighted by Crippen LogP contribution is -2.07. The molecule has 1 N–H and O–H groups in total. The third-order valence-corrected chi connectivity index (χ3v) is 4.69. The average Bonchev–Trinajstić information content (AvgIpc) is 2.80. The highest BCUT2D eigenvalue weighted by Gasteiger charge is 2.16. The number of aliphatic hydroxyl groups is 1. The Morgan fingerprint density at radius 3 is 2.68 bits per heavy atom. The van der Waals surface area contributed by atoms with Gasteiger partial charge in [0.05, 0.1) is 11.0 Å². The van der Waals surface area contributed by atoms with Gasteiger partial charge in [-0.2, -0.15) is 0 Å². The number of halogens is 1. The van der Waals surface area contributed by atoms with E-state index in [1.165, 1.54) is 29.2 Å². The minimum Gasteiger partial charge on any atom is -0.389 e. The Labute approximate surface area is 119 Å². The molecule has 1 aromatic heterocycles. The molecule has 0 saturated heterocycles. The highest BCUT2D eigenvalue weighted by Crippen LogP contribution is 2.37. The largest absolute Gasteiger partial charge is 0.389 e. The Kier molecular flexibility index (Phi) is 4.38. The van der Waals surface area contributed by atoms with Crippen molar-refractivity contribution >= 4 is 28.2 Å². The molecule has 4 nitrogen and oxygen atoms in total. The van der Waals surface area contributed by atoms with Crippen LogP contribution in [0, 0.1) is 5.82 Å². The molecule has 0 aliphatic rings. The Balaban J connectivity index is 2.32. The molecule has 2 aromatic rings. The summed E-state index contributed by atoms with van der Waals surface area (Å²) in [6.45, 7) is 1.62. The summed E-state index contributed by atoms with van der Waals surface area (Å²) in [6, 6.07) is 4.68. The summed E-state index contributed by atoms with van der Waals surface area (Å²) < 4.78 is 14.5. The summed E-state index contributed by atoms with van der Waals surface area (Å²) in [4.78, 5) is 2.25. The lowest BCUT2D eigenvalue weighted by molar-refractivity contribution is 0.195. The van der Waals surface area contributed by atoms with Crippen LogP contribution in [0.3, 0.4) is 0 Å². The molecule has 0 spiro atoms. The van der Waals surface area contributed by atoms with E-state index in [0.717, 1.165) is 5.13 Å². The Hall–Kier alpha value is -1.18. The molecule has 1 aromatic carbocycles. The Morgan fingerprint density at radius 2 is 2.11 bits per heavy atom. The topological polar surface area (TPSA) is 49.3 Å². The Bertz CT molecular complexity index is 572. The molecule has 1 atom stereocenters. The van der Waals surface area contributed by atoms with Crippen LogP contribution in [0.25, 0.3) is 0 Å². The third-order valence-electron chi connectivity index (χ3n) is 2.42. The minimum absolute atomic E-state index is 0.356. The average molecular weight is 299 g/mol. The van der Waals surface area contributed by atoms with Crippen molar-refractivity contribution in [2.75, 3.05) is 19.0 Å². The first-order valence-electron chi connectivity index (χ1n) is 5.64. The highest BCUT2D eigenvalue weighted by molar-refractivity contribution is 8.01. The van der Waals surface area contributed by atoms with Gasteiger partial charge in [-0.05, 0) is 18.6 Å². The zero-order chi connectivity index (χ0) is 14.0. The molecular weight excluding hydrogens is 285 g/mol. The third kappa shape index (κ3) is 3.23. The monoisotopic (exact) mass is 299 g/mol. The number of hydrogen-bond donors (Lipinski definition) is 1. The van der Waals surface area contributed by atoms with Gasteiger partial charge in [-0.25, -0.2) is 4.39 Å². The molecule has 1 heterocycles. The summed E-state index contributed by atoms with van der Waals surface area (Å²) in [5.74, 6) is -0.356. The summed E-state index contributed by atoms with van der Waals surface area (Å²) in [6.07, 6.45) is -0.723. The van der Waals surface area contributed by atoms with E-state index in [1.54, 1.807) is 19.1 Å². The van der Waals surface area contributed by atoms with Crippen LogP contribution < -0.4 is 4.90 Å². The smallest absolute Gasteiger partial charge is 0.208 e. The number of aliphatic hydroxyl groups excluding tert-OH is 1. The lowest BCUT2D eigenvalue weighted by atomic mass is 10.1. The van der Waals surface area contributed by atoms with Gasteiger partial charge in [0.25, 0.3) is 0 Å². The fourth-order valence-electron chi connectivity index (χ4n) is 1.47. The summed E-state index contributed by atoms with van der Waals surface area (Å²) in [5.41, 5.74) is 0.562. The second kappa shape index (κ2) is 5.85. The first-order chi connectivity index (χ1) is 8.99. The van der Waals surface area contributed by atoms with Crippen LogP contribution >= 0.6 is 23.1 Å². The van der Waals surface area contributed by atoms with Crippen molar-refractivity contribution in [1.82, 2.24) is 10.2 Å². The van der Waals surface area contributed by atoms with E-state index in [9.17, 15) is 9.50 Å². The van der Waals surface area contributed by atoms with Gasteiger partial charge in [0.2, 0.25) is 5.13 Å². The van der Waals surface area contributed by atoms with E-state index in [4.69, 9.17) is 0 Å². The van der Waals surface area contributed by atoms with Crippen molar-refractivity contribution in [2.24, 2.45) is 0 Å². The second-order valence-corrected chi connectivity index (χ2v) is 6.39. The van der Waals surface area contributed by atoms with Crippen molar-refractivity contribution in [1.29, 1.82) is 0 Å². The fourth-order valence-corrected chi connectivity index (χ4v) is 3.39. The molecular formula is C12H14FN3OS2. The van der Waals surface area contributed by atoms with Crippen LogP contribution in [0.4, 0.5) is 9.52 Å². The molecule has 7 heteroatoms. The number of anilines is 1. The van der Waals surface area contributed by atoms with Crippen LogP contribution in [-0.2, 0) is 0 Å². The van der Waals surface area contributed by atoms with Gasteiger partial charge in [0.15, 0.2) is 4.34 Å². The maximum atomic E-state index is 13.9. The molecule has 0 saturated carbocycles. The van der Waals surface area contributed by atoms with E-state index in [0.29, 0.717) is 14.8 Å². The summed E-state index contributed by atoms with van der Waals surface area (Å²) >= 11 is 2.57. The lowest BCUT2D eigenvalue weighted by Gasteiger charge is -2.10. The second-order valence-electron chi connectivity index (χ2n) is 4.18. The maximum Gasteiger partial charge on any atom is 0.208 e. The molecule has 0 aliphatic carbocycles. The molecule has 0 aliphatic heterocycles. The highest BCUT2D eigenvalue weighted by atomic mass is 32.2. The number of rotatable bonds is 4. The van der Waals surface area contributed by atoms with Crippen molar-refractivity contribution in [3.05, 3.63) is 29.6 Å². The molecule has 0 radical (unpaired) electrons. The molecule has 2 rings (SSSR count). The van der Waals surface area contributed by atoms with E-state index < -0.39 is 6.10 Å². The van der Waals surface area contributed by atoms with E-state index in [1.807, 2.05) is 19.0 Å².